The number of carboxylic acid groups (broad SMARTS) is 1. The first-order valence-electron chi connectivity index (χ1n) is 8.43. The molecule has 2 amide bonds. The third kappa shape index (κ3) is 2.84. The van der Waals surface area contributed by atoms with Crippen molar-refractivity contribution in [3.8, 4) is 0 Å². The van der Waals surface area contributed by atoms with E-state index in [1.54, 1.807) is 27.7 Å². The van der Waals surface area contributed by atoms with Crippen LogP contribution < -0.4 is 0 Å². The van der Waals surface area contributed by atoms with Crippen molar-refractivity contribution >= 4 is 34.7 Å². The topological polar surface area (TPSA) is 95.0 Å². The largest absolute Gasteiger partial charge is 0.479 e. The molecule has 0 aromatic carbocycles. The first-order valence-corrected chi connectivity index (χ1v) is 9.41. The highest BCUT2D eigenvalue weighted by molar-refractivity contribution is 8.13. The average Bonchev–Trinajstić information content (AvgIpc) is 2.68. The molecule has 0 radical (unpaired) electrons. The highest BCUT2D eigenvalue weighted by Crippen LogP contribution is 2.49. The molecule has 1 N–H and O–H groups in total. The Morgan fingerprint density at radius 2 is 1.84 bits per heavy atom. The number of thioether (sulfide) groups is 1. The maximum Gasteiger partial charge on any atom is 0.332 e. The lowest BCUT2D eigenvalue weighted by Crippen LogP contribution is -2.69. The number of aliphatic carboxylic acids is 1. The zero-order valence-electron chi connectivity index (χ0n) is 15.4. The van der Waals surface area contributed by atoms with Crippen molar-refractivity contribution in [2.45, 2.75) is 59.4 Å². The molecule has 140 valence electrons. The van der Waals surface area contributed by atoms with Crippen LogP contribution in [0.4, 0.5) is 0 Å². The van der Waals surface area contributed by atoms with E-state index in [4.69, 9.17) is 0 Å². The highest BCUT2D eigenvalue weighted by atomic mass is 32.2. The molecule has 25 heavy (non-hydrogen) atoms. The summed E-state index contributed by atoms with van der Waals surface area (Å²) in [5.41, 5.74) is -3.52. The van der Waals surface area contributed by atoms with Gasteiger partial charge in [-0.1, -0.05) is 32.5 Å². The average molecular weight is 370 g/mol. The number of hydrogen-bond donors (Lipinski definition) is 1. The summed E-state index contributed by atoms with van der Waals surface area (Å²) in [5.74, 6) is -1.58. The van der Waals surface area contributed by atoms with Crippen LogP contribution in [0.5, 0.6) is 0 Å². The van der Waals surface area contributed by atoms with E-state index in [-0.39, 0.29) is 17.4 Å². The molecule has 0 bridgehead atoms. The smallest absolute Gasteiger partial charge is 0.332 e. The summed E-state index contributed by atoms with van der Waals surface area (Å²) in [4.78, 5) is 49.6. The van der Waals surface area contributed by atoms with E-state index in [1.165, 1.54) is 16.9 Å². The van der Waals surface area contributed by atoms with E-state index in [0.717, 1.165) is 11.8 Å². The minimum Gasteiger partial charge on any atom is -0.479 e. The molecule has 2 fully saturated rings. The van der Waals surface area contributed by atoms with Gasteiger partial charge in [-0.3, -0.25) is 14.4 Å². The van der Waals surface area contributed by atoms with Crippen molar-refractivity contribution in [2.24, 2.45) is 10.8 Å². The number of carbonyl (C=O) groups excluding carboxylic acids is 3. The molecule has 0 aromatic rings. The molecular formula is C17H26N2O5S. The maximum absolute atomic E-state index is 13.2. The Morgan fingerprint density at radius 1 is 1.24 bits per heavy atom. The number of hydrogen-bond acceptors (Lipinski definition) is 5. The second kappa shape index (κ2) is 6.30. The van der Waals surface area contributed by atoms with Crippen LogP contribution in [0.25, 0.3) is 0 Å². The van der Waals surface area contributed by atoms with Gasteiger partial charge in [0.25, 0.3) is 11.8 Å². The first kappa shape index (κ1) is 19.8. The molecule has 8 heteroatoms. The number of nitrogens with zero attached hydrogens (tertiary/aromatic N) is 2. The third-order valence-corrected chi connectivity index (χ3v) is 6.20. The summed E-state index contributed by atoms with van der Waals surface area (Å²) < 4.78 is 0. The fourth-order valence-corrected chi connectivity index (χ4v) is 4.60. The monoisotopic (exact) mass is 370 g/mol. The van der Waals surface area contributed by atoms with Crippen LogP contribution >= 0.6 is 11.8 Å². The second-order valence-corrected chi connectivity index (χ2v) is 9.26. The van der Waals surface area contributed by atoms with Crippen molar-refractivity contribution in [3.05, 3.63) is 0 Å². The summed E-state index contributed by atoms with van der Waals surface area (Å²) in [5, 5.41) is 12.5. The summed E-state index contributed by atoms with van der Waals surface area (Å²) in [7, 11) is 0. The Hall–Kier alpha value is -1.57. The van der Waals surface area contributed by atoms with Crippen molar-refractivity contribution in [1.29, 1.82) is 0 Å². The maximum atomic E-state index is 13.2. The molecule has 2 rings (SSSR count). The van der Waals surface area contributed by atoms with Gasteiger partial charge in [0.15, 0.2) is 10.7 Å². The number of fused-ring (bicyclic) bond motifs is 1. The van der Waals surface area contributed by atoms with Crippen molar-refractivity contribution < 1.29 is 24.3 Å². The molecule has 2 saturated heterocycles. The molecule has 0 aromatic heterocycles. The summed E-state index contributed by atoms with van der Waals surface area (Å²) in [6.07, 6.45) is 1.04. The van der Waals surface area contributed by atoms with Crippen LogP contribution in [-0.2, 0) is 19.2 Å². The van der Waals surface area contributed by atoms with Crippen LogP contribution in [-0.4, -0.2) is 55.9 Å². The van der Waals surface area contributed by atoms with Crippen LogP contribution in [0, 0.1) is 10.8 Å². The highest BCUT2D eigenvalue weighted by Gasteiger charge is 2.67. The number of amides is 2. The van der Waals surface area contributed by atoms with Gasteiger partial charge < -0.3 is 5.11 Å². The Morgan fingerprint density at radius 3 is 2.32 bits per heavy atom. The van der Waals surface area contributed by atoms with E-state index in [9.17, 15) is 24.3 Å². The molecule has 2 unspecified atom stereocenters. The van der Waals surface area contributed by atoms with E-state index in [2.05, 4.69) is 0 Å². The van der Waals surface area contributed by atoms with E-state index >= 15 is 0 Å². The molecule has 7 nitrogen and oxygen atoms in total. The Labute approximate surface area is 152 Å². The molecule has 0 spiro atoms. The van der Waals surface area contributed by atoms with Crippen molar-refractivity contribution in [2.75, 3.05) is 12.3 Å². The zero-order valence-corrected chi connectivity index (χ0v) is 16.2. The Balaban J connectivity index is 2.45. The van der Waals surface area contributed by atoms with Gasteiger partial charge in [0.05, 0.1) is 0 Å². The van der Waals surface area contributed by atoms with Gasteiger partial charge in [0.2, 0.25) is 0 Å². The van der Waals surface area contributed by atoms with Crippen molar-refractivity contribution in [1.82, 2.24) is 10.0 Å². The van der Waals surface area contributed by atoms with Crippen LogP contribution in [0.15, 0.2) is 0 Å². The molecule has 2 aliphatic rings. The normalized spacial score (nSPS) is 29.8. The number of hydrazine groups is 1. The predicted molar refractivity (Wildman–Crippen MR) is 93.5 cm³/mol. The molecule has 2 aliphatic heterocycles. The van der Waals surface area contributed by atoms with E-state index < -0.39 is 28.2 Å². The van der Waals surface area contributed by atoms with Gasteiger partial charge in [-0.05, 0) is 31.6 Å². The van der Waals surface area contributed by atoms with Gasteiger partial charge in [-0.25, -0.2) is 14.8 Å². The quantitative estimate of drug-likeness (QED) is 0.760. The molecule has 2 atom stereocenters. The van der Waals surface area contributed by atoms with Crippen molar-refractivity contribution in [3.63, 3.8) is 0 Å². The molecular weight excluding hydrogens is 344 g/mol. The fourth-order valence-electron chi connectivity index (χ4n) is 3.81. The SMILES string of the molecule is CC(=O)SCCC1(C)C(=O)N2CCCC(C(=O)O)(C(C)(C)C)N2C1=O. The molecule has 2 heterocycles. The minimum atomic E-state index is -1.45. The second-order valence-electron chi connectivity index (χ2n) is 7.99. The zero-order chi connectivity index (χ0) is 19.2. The van der Waals surface area contributed by atoms with Gasteiger partial charge in [-0.2, -0.15) is 0 Å². The summed E-state index contributed by atoms with van der Waals surface area (Å²) in [6.45, 7) is 8.68. The minimum absolute atomic E-state index is 0.0749. The molecule has 0 aliphatic carbocycles. The fraction of sp³-hybridized carbons (Fsp3) is 0.765. The molecule has 0 saturated carbocycles. The van der Waals surface area contributed by atoms with Crippen LogP contribution in [0.2, 0.25) is 0 Å². The first-order chi connectivity index (χ1) is 11.4. The standard InChI is InChI=1S/C17H26N2O5S/c1-11(20)25-10-8-16(5)12(21)18-9-6-7-17(14(23)24,15(2,3)4)19(18)13(16)22/h6-10H2,1-5H3,(H,23,24). The summed E-state index contributed by atoms with van der Waals surface area (Å²) >= 11 is 1.07. The third-order valence-electron chi connectivity index (χ3n) is 5.38. The predicted octanol–water partition coefficient (Wildman–Crippen LogP) is 1.91. The van der Waals surface area contributed by atoms with Gasteiger partial charge in [0.1, 0.15) is 5.41 Å². The van der Waals surface area contributed by atoms with Gasteiger partial charge in [0, 0.05) is 19.2 Å². The lowest BCUT2D eigenvalue weighted by molar-refractivity contribution is -0.199. The van der Waals surface area contributed by atoms with E-state index in [0.29, 0.717) is 25.1 Å². The lowest BCUT2D eigenvalue weighted by Gasteiger charge is -2.52. The van der Waals surface area contributed by atoms with Crippen LogP contribution in [0.1, 0.15) is 53.9 Å². The van der Waals surface area contributed by atoms with E-state index in [1.807, 2.05) is 0 Å². The number of carbonyl (C=O) groups is 4. The Kier molecular flexibility index (Phi) is 4.98. The van der Waals surface area contributed by atoms with Gasteiger partial charge in [-0.15, -0.1) is 0 Å². The number of rotatable bonds is 4. The van der Waals surface area contributed by atoms with Crippen LogP contribution in [0.3, 0.4) is 0 Å². The Bertz CT molecular complexity index is 629. The van der Waals surface area contributed by atoms with Gasteiger partial charge >= 0.3 is 5.97 Å². The lowest BCUT2D eigenvalue weighted by atomic mass is 9.69. The summed E-state index contributed by atoms with van der Waals surface area (Å²) in [6, 6.07) is 0. The number of carboxylic acids is 1.